The second kappa shape index (κ2) is 5.32. The van der Waals surface area contributed by atoms with Crippen molar-refractivity contribution < 1.29 is 4.79 Å². The van der Waals surface area contributed by atoms with Crippen LogP contribution in [0.25, 0.3) is 0 Å². The lowest BCUT2D eigenvalue weighted by atomic mass is 9.68. The summed E-state index contributed by atoms with van der Waals surface area (Å²) in [6, 6.07) is 0.757. The smallest absolute Gasteiger partial charge is 0.137 e. The highest BCUT2D eigenvalue weighted by molar-refractivity contribution is 5.82. The van der Waals surface area contributed by atoms with Gasteiger partial charge in [-0.2, -0.15) is 0 Å². The first-order valence-corrected chi connectivity index (χ1v) is 7.61. The monoisotopic (exact) mass is 251 g/mol. The SMILES string of the molecule is CN(CC1CC(C(C)(C)C)CCC1=O)C1CCC1. The van der Waals surface area contributed by atoms with Crippen LogP contribution in [0.2, 0.25) is 0 Å². The predicted octanol–water partition coefficient (Wildman–Crippen LogP) is 3.50. The molecule has 104 valence electrons. The number of hydrogen-bond donors (Lipinski definition) is 0. The lowest BCUT2D eigenvalue weighted by Gasteiger charge is -2.41. The molecule has 2 aliphatic carbocycles. The summed E-state index contributed by atoms with van der Waals surface area (Å²) >= 11 is 0. The largest absolute Gasteiger partial charge is 0.303 e. The van der Waals surface area contributed by atoms with Crippen molar-refractivity contribution in [1.82, 2.24) is 4.90 Å². The van der Waals surface area contributed by atoms with Crippen molar-refractivity contribution in [2.24, 2.45) is 17.3 Å². The summed E-state index contributed by atoms with van der Waals surface area (Å²) in [5.74, 6) is 1.53. The van der Waals surface area contributed by atoms with E-state index >= 15 is 0 Å². The predicted molar refractivity (Wildman–Crippen MR) is 75.6 cm³/mol. The van der Waals surface area contributed by atoms with Gasteiger partial charge in [-0.3, -0.25) is 4.79 Å². The van der Waals surface area contributed by atoms with Crippen molar-refractivity contribution in [3.63, 3.8) is 0 Å². The molecule has 2 aliphatic rings. The number of carbonyl (C=O) groups excluding carboxylic acids is 1. The molecule has 2 unspecified atom stereocenters. The van der Waals surface area contributed by atoms with E-state index in [-0.39, 0.29) is 0 Å². The molecule has 0 aromatic heterocycles. The van der Waals surface area contributed by atoms with Gasteiger partial charge in [0.1, 0.15) is 5.78 Å². The third-order valence-corrected chi connectivity index (χ3v) is 5.19. The van der Waals surface area contributed by atoms with Crippen LogP contribution < -0.4 is 0 Å². The molecule has 0 aromatic rings. The Morgan fingerprint density at radius 2 is 1.89 bits per heavy atom. The van der Waals surface area contributed by atoms with Gasteiger partial charge in [0.05, 0.1) is 0 Å². The van der Waals surface area contributed by atoms with Crippen LogP contribution in [0.1, 0.15) is 59.3 Å². The standard InChI is InChI=1S/C16H29NO/c1-16(2,3)13-8-9-15(18)12(10-13)11-17(4)14-6-5-7-14/h12-14H,5-11H2,1-4H3. The molecule has 18 heavy (non-hydrogen) atoms. The van der Waals surface area contributed by atoms with Gasteiger partial charge in [0.15, 0.2) is 0 Å². The van der Waals surface area contributed by atoms with Crippen LogP contribution in [0.15, 0.2) is 0 Å². The lowest BCUT2D eigenvalue weighted by molar-refractivity contribution is -0.127. The van der Waals surface area contributed by atoms with Crippen molar-refractivity contribution in [1.29, 1.82) is 0 Å². The number of ketones is 1. The highest BCUT2D eigenvalue weighted by atomic mass is 16.1. The first kappa shape index (κ1) is 14.0. The molecular weight excluding hydrogens is 222 g/mol. The summed E-state index contributed by atoms with van der Waals surface area (Å²) in [4.78, 5) is 14.5. The Hall–Kier alpha value is -0.370. The molecule has 0 N–H and O–H groups in total. The number of nitrogens with zero attached hydrogens (tertiary/aromatic N) is 1. The second-order valence-electron chi connectivity index (χ2n) is 7.52. The third-order valence-electron chi connectivity index (χ3n) is 5.19. The van der Waals surface area contributed by atoms with Crippen LogP contribution in [-0.4, -0.2) is 30.3 Å². The van der Waals surface area contributed by atoms with Gasteiger partial charge in [-0.25, -0.2) is 0 Å². The van der Waals surface area contributed by atoms with Crippen molar-refractivity contribution >= 4 is 5.78 Å². The van der Waals surface area contributed by atoms with Crippen LogP contribution in [0.4, 0.5) is 0 Å². The van der Waals surface area contributed by atoms with Gasteiger partial charge in [0, 0.05) is 24.9 Å². The van der Waals surface area contributed by atoms with Gasteiger partial charge in [-0.05, 0) is 44.1 Å². The summed E-state index contributed by atoms with van der Waals surface area (Å²) in [5, 5.41) is 0. The van der Waals surface area contributed by atoms with Gasteiger partial charge in [-0.1, -0.05) is 27.2 Å². The minimum Gasteiger partial charge on any atom is -0.303 e. The van der Waals surface area contributed by atoms with Crippen LogP contribution >= 0.6 is 0 Å². The molecule has 0 aliphatic heterocycles. The van der Waals surface area contributed by atoms with Crippen molar-refractivity contribution in [3.8, 4) is 0 Å². The zero-order chi connectivity index (χ0) is 13.3. The number of Topliss-reactive ketones (excluding diaryl/α,β-unsaturated/α-hetero) is 1. The number of rotatable bonds is 3. The highest BCUT2D eigenvalue weighted by Crippen LogP contribution is 2.39. The van der Waals surface area contributed by atoms with E-state index in [4.69, 9.17) is 0 Å². The molecule has 0 radical (unpaired) electrons. The van der Waals surface area contributed by atoms with E-state index in [0.717, 1.165) is 37.8 Å². The Balaban J connectivity index is 1.91. The minimum absolute atomic E-state index is 0.300. The van der Waals surface area contributed by atoms with E-state index in [0.29, 0.717) is 17.1 Å². The maximum absolute atomic E-state index is 12.1. The molecule has 0 saturated heterocycles. The normalized spacial score (nSPS) is 30.6. The molecule has 2 atom stereocenters. The summed E-state index contributed by atoms with van der Waals surface area (Å²) < 4.78 is 0. The molecule has 2 heteroatoms. The molecule has 2 saturated carbocycles. The Morgan fingerprint density at radius 1 is 1.22 bits per heavy atom. The average Bonchev–Trinajstić information content (AvgIpc) is 2.16. The molecule has 0 bridgehead atoms. The highest BCUT2D eigenvalue weighted by Gasteiger charge is 2.36. The molecule has 0 heterocycles. The summed E-state index contributed by atoms with van der Waals surface area (Å²) in [5.41, 5.74) is 0.355. The fourth-order valence-electron chi connectivity index (χ4n) is 3.40. The Morgan fingerprint density at radius 3 is 2.39 bits per heavy atom. The van der Waals surface area contributed by atoms with E-state index in [1.54, 1.807) is 0 Å². The quantitative estimate of drug-likeness (QED) is 0.765. The molecule has 2 fully saturated rings. The van der Waals surface area contributed by atoms with Crippen molar-refractivity contribution in [2.75, 3.05) is 13.6 Å². The summed E-state index contributed by atoms with van der Waals surface area (Å²) in [7, 11) is 2.21. The van der Waals surface area contributed by atoms with Gasteiger partial charge in [0.25, 0.3) is 0 Å². The average molecular weight is 251 g/mol. The Bertz CT molecular complexity index is 301. The number of hydrogen-bond acceptors (Lipinski definition) is 2. The lowest BCUT2D eigenvalue weighted by Crippen LogP contribution is -2.44. The molecule has 2 rings (SSSR count). The number of carbonyl (C=O) groups is 1. The van der Waals surface area contributed by atoms with E-state index in [2.05, 4.69) is 32.7 Å². The Labute approximate surface area is 112 Å². The van der Waals surface area contributed by atoms with Crippen LogP contribution in [0.5, 0.6) is 0 Å². The molecular formula is C16H29NO. The third kappa shape index (κ3) is 3.14. The van der Waals surface area contributed by atoms with Gasteiger partial charge < -0.3 is 4.90 Å². The van der Waals surface area contributed by atoms with Crippen LogP contribution in [-0.2, 0) is 4.79 Å². The zero-order valence-corrected chi connectivity index (χ0v) is 12.5. The first-order valence-electron chi connectivity index (χ1n) is 7.61. The zero-order valence-electron chi connectivity index (χ0n) is 12.5. The molecule has 2 nitrogen and oxygen atoms in total. The van der Waals surface area contributed by atoms with Gasteiger partial charge in [0.2, 0.25) is 0 Å². The van der Waals surface area contributed by atoms with Gasteiger partial charge >= 0.3 is 0 Å². The van der Waals surface area contributed by atoms with Crippen LogP contribution in [0.3, 0.4) is 0 Å². The van der Waals surface area contributed by atoms with E-state index in [9.17, 15) is 4.79 Å². The maximum atomic E-state index is 12.1. The van der Waals surface area contributed by atoms with Crippen molar-refractivity contribution in [2.45, 2.75) is 65.3 Å². The first-order chi connectivity index (χ1) is 8.38. The summed E-state index contributed by atoms with van der Waals surface area (Å²) in [6.07, 6.45) is 7.06. The van der Waals surface area contributed by atoms with E-state index in [1.165, 1.54) is 19.3 Å². The fourth-order valence-corrected chi connectivity index (χ4v) is 3.40. The maximum Gasteiger partial charge on any atom is 0.137 e. The van der Waals surface area contributed by atoms with Crippen molar-refractivity contribution in [3.05, 3.63) is 0 Å². The molecule has 0 spiro atoms. The van der Waals surface area contributed by atoms with E-state index in [1.807, 2.05) is 0 Å². The fraction of sp³-hybridized carbons (Fsp3) is 0.938. The minimum atomic E-state index is 0.300. The van der Waals surface area contributed by atoms with Gasteiger partial charge in [-0.15, -0.1) is 0 Å². The molecule has 0 amide bonds. The van der Waals surface area contributed by atoms with Crippen LogP contribution in [0, 0.1) is 17.3 Å². The topological polar surface area (TPSA) is 20.3 Å². The summed E-state index contributed by atoms with van der Waals surface area (Å²) in [6.45, 7) is 7.95. The Kier molecular flexibility index (Phi) is 4.15. The molecule has 0 aromatic carbocycles. The second-order valence-corrected chi connectivity index (χ2v) is 7.52. The van der Waals surface area contributed by atoms with E-state index < -0.39 is 0 Å².